The third kappa shape index (κ3) is 10.3. The molecule has 2 aromatic carbocycles. The molecule has 0 bridgehead atoms. The Morgan fingerprint density at radius 3 is 2.35 bits per heavy atom. The molecule has 2 aromatic rings. The topological polar surface area (TPSA) is 126 Å². The molecule has 0 saturated carbocycles. The number of carbonyl (C=O) groups is 4. The summed E-state index contributed by atoms with van der Waals surface area (Å²) >= 11 is 0. The number of fused-ring (bicyclic) bond motifs is 1. The van der Waals surface area contributed by atoms with Gasteiger partial charge in [0.05, 0.1) is 24.6 Å². The standard InChI is InChI=1S/C33H46N4O6/c1-21(2)17-24-20-43-29-10-8-7-9-26(29)31(39)36-27(19-30(38)35-28(18-22(3)4)33(41)37(24)6)32(40)34-15-16-42-25-13-11-23(5)12-14-25/h7-14,21-22,24,27-28H,15-20H2,1-6H3,(H,34,40)(H,35,38)(H,36,39)/t24-,27+,28+/m1/s1. The van der Waals surface area contributed by atoms with E-state index in [0.29, 0.717) is 24.3 Å². The molecule has 43 heavy (non-hydrogen) atoms. The Kier molecular flexibility index (Phi) is 12.4. The highest BCUT2D eigenvalue weighted by atomic mass is 16.5. The quantitative estimate of drug-likeness (QED) is 0.382. The number of benzene rings is 2. The number of nitrogens with zero attached hydrogens (tertiary/aromatic N) is 1. The SMILES string of the molecule is Cc1ccc(OCCNC(=O)[C@@H]2CC(=O)N[C@@H](CC(C)C)C(=O)N(C)[C@H](CC(C)C)COc3ccccc3C(=O)N2)cc1. The Labute approximate surface area is 254 Å². The maximum Gasteiger partial charge on any atom is 0.255 e. The first-order chi connectivity index (χ1) is 20.4. The second kappa shape index (κ2) is 16.0. The highest BCUT2D eigenvalue weighted by molar-refractivity contribution is 6.01. The van der Waals surface area contributed by atoms with Gasteiger partial charge in [-0.2, -0.15) is 0 Å². The number of hydrogen-bond acceptors (Lipinski definition) is 6. The van der Waals surface area contributed by atoms with Crippen LogP contribution in [0.1, 0.15) is 62.9 Å². The third-order valence-electron chi connectivity index (χ3n) is 7.24. The van der Waals surface area contributed by atoms with Crippen LogP contribution in [-0.4, -0.2) is 73.5 Å². The van der Waals surface area contributed by atoms with Crippen LogP contribution in [-0.2, 0) is 14.4 Å². The van der Waals surface area contributed by atoms with Gasteiger partial charge in [-0.15, -0.1) is 0 Å². The smallest absolute Gasteiger partial charge is 0.255 e. The average molecular weight is 595 g/mol. The van der Waals surface area contributed by atoms with E-state index in [2.05, 4.69) is 29.8 Å². The minimum Gasteiger partial charge on any atom is -0.492 e. The lowest BCUT2D eigenvalue weighted by Crippen LogP contribution is -2.55. The van der Waals surface area contributed by atoms with Crippen LogP contribution in [0.4, 0.5) is 0 Å². The molecule has 1 aliphatic heterocycles. The minimum absolute atomic E-state index is 0.125. The van der Waals surface area contributed by atoms with E-state index in [0.717, 1.165) is 5.56 Å². The minimum atomic E-state index is -1.19. The third-order valence-corrected chi connectivity index (χ3v) is 7.24. The van der Waals surface area contributed by atoms with Gasteiger partial charge in [-0.3, -0.25) is 19.2 Å². The molecule has 0 spiro atoms. The normalized spacial score (nSPS) is 20.0. The first-order valence-corrected chi connectivity index (χ1v) is 15.0. The average Bonchev–Trinajstić information content (AvgIpc) is 2.96. The summed E-state index contributed by atoms with van der Waals surface area (Å²) < 4.78 is 11.8. The zero-order chi connectivity index (χ0) is 31.5. The number of likely N-dealkylation sites (N-methyl/N-ethyl adjacent to an activating group) is 1. The van der Waals surface area contributed by atoms with Crippen LogP contribution in [0, 0.1) is 18.8 Å². The van der Waals surface area contributed by atoms with Crippen molar-refractivity contribution in [1.29, 1.82) is 0 Å². The van der Waals surface area contributed by atoms with E-state index in [1.165, 1.54) is 0 Å². The lowest BCUT2D eigenvalue weighted by molar-refractivity contribution is -0.138. The molecule has 0 unspecified atom stereocenters. The van der Waals surface area contributed by atoms with Gasteiger partial charge in [0, 0.05) is 7.05 Å². The number of nitrogens with one attached hydrogen (secondary N) is 3. The first-order valence-electron chi connectivity index (χ1n) is 15.0. The van der Waals surface area contributed by atoms with E-state index in [9.17, 15) is 19.2 Å². The molecule has 1 aliphatic rings. The number of hydrogen-bond donors (Lipinski definition) is 3. The lowest BCUT2D eigenvalue weighted by Gasteiger charge is -2.33. The van der Waals surface area contributed by atoms with E-state index in [1.54, 1.807) is 36.2 Å². The molecule has 10 nitrogen and oxygen atoms in total. The Bertz CT molecular complexity index is 1250. The molecule has 234 valence electrons. The number of rotatable bonds is 9. The maximum atomic E-state index is 13.7. The number of amides is 4. The molecular formula is C33H46N4O6. The zero-order valence-corrected chi connectivity index (χ0v) is 26.1. The monoisotopic (exact) mass is 594 g/mol. The molecule has 3 N–H and O–H groups in total. The van der Waals surface area contributed by atoms with Gasteiger partial charge in [-0.25, -0.2) is 0 Å². The van der Waals surface area contributed by atoms with E-state index in [1.807, 2.05) is 45.0 Å². The van der Waals surface area contributed by atoms with E-state index < -0.39 is 29.8 Å². The molecule has 0 radical (unpaired) electrons. The van der Waals surface area contributed by atoms with Gasteiger partial charge in [0.15, 0.2) is 0 Å². The van der Waals surface area contributed by atoms with Crippen molar-refractivity contribution in [2.75, 3.05) is 26.8 Å². The van der Waals surface area contributed by atoms with Gasteiger partial charge in [0.25, 0.3) is 5.91 Å². The second-order valence-electron chi connectivity index (χ2n) is 12.0. The predicted molar refractivity (Wildman–Crippen MR) is 165 cm³/mol. The number of carbonyl (C=O) groups excluding carboxylic acids is 4. The van der Waals surface area contributed by atoms with Crippen molar-refractivity contribution >= 4 is 23.6 Å². The molecule has 0 fully saturated rings. The molecule has 4 amide bonds. The zero-order valence-electron chi connectivity index (χ0n) is 26.1. The molecule has 10 heteroatoms. The van der Waals surface area contributed by atoms with Crippen LogP contribution in [0.5, 0.6) is 11.5 Å². The van der Waals surface area contributed by atoms with Crippen molar-refractivity contribution in [2.24, 2.45) is 11.8 Å². The van der Waals surface area contributed by atoms with Crippen molar-refractivity contribution in [3.63, 3.8) is 0 Å². The molecular weight excluding hydrogens is 548 g/mol. The fraction of sp³-hybridized carbons (Fsp3) is 0.515. The molecule has 0 aliphatic carbocycles. The van der Waals surface area contributed by atoms with E-state index >= 15 is 0 Å². The van der Waals surface area contributed by atoms with Crippen molar-refractivity contribution in [1.82, 2.24) is 20.9 Å². The van der Waals surface area contributed by atoms with Crippen LogP contribution in [0.25, 0.3) is 0 Å². The summed E-state index contributed by atoms with van der Waals surface area (Å²) in [6, 6.07) is 12.0. The predicted octanol–water partition coefficient (Wildman–Crippen LogP) is 3.48. The summed E-state index contributed by atoms with van der Waals surface area (Å²) in [7, 11) is 1.72. The van der Waals surface area contributed by atoms with Crippen molar-refractivity contribution in [3.05, 3.63) is 59.7 Å². The van der Waals surface area contributed by atoms with Gasteiger partial charge in [-0.1, -0.05) is 57.5 Å². The Morgan fingerprint density at radius 2 is 1.67 bits per heavy atom. The number of para-hydroxylation sites is 1. The molecule has 3 atom stereocenters. The van der Waals surface area contributed by atoms with Gasteiger partial charge in [-0.05, 0) is 55.9 Å². The van der Waals surface area contributed by atoms with Gasteiger partial charge < -0.3 is 30.3 Å². The van der Waals surface area contributed by atoms with Gasteiger partial charge in [0.1, 0.15) is 36.8 Å². The Balaban J connectivity index is 1.84. The van der Waals surface area contributed by atoms with Gasteiger partial charge in [0.2, 0.25) is 17.7 Å². The number of ether oxygens (including phenoxy) is 2. The van der Waals surface area contributed by atoms with Crippen molar-refractivity contribution in [3.8, 4) is 11.5 Å². The van der Waals surface area contributed by atoms with Crippen LogP contribution in [0.3, 0.4) is 0 Å². The second-order valence-corrected chi connectivity index (χ2v) is 12.0. The van der Waals surface area contributed by atoms with Crippen LogP contribution in [0.2, 0.25) is 0 Å². The van der Waals surface area contributed by atoms with Crippen LogP contribution >= 0.6 is 0 Å². The van der Waals surface area contributed by atoms with Crippen molar-refractivity contribution in [2.45, 2.75) is 72.0 Å². The summed E-state index contributed by atoms with van der Waals surface area (Å²) in [5.41, 5.74) is 1.34. The highest BCUT2D eigenvalue weighted by Crippen LogP contribution is 2.22. The molecule has 3 rings (SSSR count). The summed E-state index contributed by atoms with van der Waals surface area (Å²) in [4.78, 5) is 55.3. The maximum absolute atomic E-state index is 13.7. The van der Waals surface area contributed by atoms with E-state index in [-0.39, 0.29) is 55.5 Å². The molecule has 1 heterocycles. The molecule has 0 saturated heterocycles. The number of aryl methyl sites for hydroxylation is 1. The van der Waals surface area contributed by atoms with Gasteiger partial charge >= 0.3 is 0 Å². The van der Waals surface area contributed by atoms with Crippen LogP contribution in [0.15, 0.2) is 48.5 Å². The summed E-state index contributed by atoms with van der Waals surface area (Å²) in [6.07, 6.45) is 0.752. The van der Waals surface area contributed by atoms with Crippen LogP contribution < -0.4 is 25.4 Å². The Hall–Kier alpha value is -4.08. The fourth-order valence-electron chi connectivity index (χ4n) is 4.95. The first kappa shape index (κ1) is 33.4. The molecule has 0 aromatic heterocycles. The largest absolute Gasteiger partial charge is 0.492 e. The Morgan fingerprint density at radius 1 is 1.00 bits per heavy atom. The highest BCUT2D eigenvalue weighted by Gasteiger charge is 2.32. The van der Waals surface area contributed by atoms with E-state index in [4.69, 9.17) is 9.47 Å². The summed E-state index contributed by atoms with van der Waals surface area (Å²) in [5, 5.41) is 8.31. The summed E-state index contributed by atoms with van der Waals surface area (Å²) in [5.74, 6) is -0.404. The fourth-order valence-corrected chi connectivity index (χ4v) is 4.95. The lowest BCUT2D eigenvalue weighted by atomic mass is 9.99. The van der Waals surface area contributed by atoms with Crippen molar-refractivity contribution < 1.29 is 28.7 Å². The summed E-state index contributed by atoms with van der Waals surface area (Å²) in [6.45, 7) is 10.6.